The molecule has 0 aliphatic carbocycles. The van der Waals surface area contributed by atoms with Gasteiger partial charge in [0.1, 0.15) is 0 Å². The third-order valence-electron chi connectivity index (χ3n) is 1.44. The molecule has 1 heterocycles. The first-order valence-electron chi connectivity index (χ1n) is 2.80. The van der Waals surface area contributed by atoms with Crippen LogP contribution >= 0.6 is 0 Å². The van der Waals surface area contributed by atoms with Crippen LogP contribution in [0.15, 0.2) is 24.3 Å². The molecule has 0 bridgehead atoms. The number of hydrogen-bond donors (Lipinski definition) is 2. The first-order chi connectivity index (χ1) is 4.38. The zero-order chi connectivity index (χ0) is 6.27. The van der Waals surface area contributed by atoms with Crippen molar-refractivity contribution in [3.05, 3.63) is 29.8 Å². The molecule has 2 nitrogen and oxygen atoms in total. The van der Waals surface area contributed by atoms with Gasteiger partial charge in [0, 0.05) is 6.07 Å². The van der Waals surface area contributed by atoms with E-state index in [4.69, 9.17) is 5.11 Å². The second-order valence-electron chi connectivity index (χ2n) is 2.02. The second kappa shape index (κ2) is 1.35. The van der Waals surface area contributed by atoms with Crippen molar-refractivity contribution < 1.29 is 10.1 Å². The van der Waals surface area contributed by atoms with Crippen molar-refractivity contribution in [2.24, 2.45) is 0 Å². The van der Waals surface area contributed by atoms with E-state index in [-0.39, 0.29) is 5.90 Å². The van der Waals surface area contributed by atoms with E-state index in [1.807, 2.05) is 24.3 Å². The SMILES string of the molecule is OC1=[NH+]c2ccccc21. The summed E-state index contributed by atoms with van der Waals surface area (Å²) in [6.45, 7) is 0. The van der Waals surface area contributed by atoms with Crippen LogP contribution < -0.4 is 4.99 Å². The van der Waals surface area contributed by atoms with E-state index >= 15 is 0 Å². The van der Waals surface area contributed by atoms with Gasteiger partial charge in [-0.05, 0) is 6.07 Å². The number of para-hydroxylation sites is 1. The maximum absolute atomic E-state index is 8.91. The third kappa shape index (κ3) is 0.470. The van der Waals surface area contributed by atoms with Crippen LogP contribution in [0.4, 0.5) is 5.69 Å². The smallest absolute Gasteiger partial charge is 0.378 e. The number of benzene rings is 1. The van der Waals surface area contributed by atoms with Crippen molar-refractivity contribution in [3.63, 3.8) is 0 Å². The summed E-state index contributed by atoms with van der Waals surface area (Å²) in [4.78, 5) is 2.76. The fourth-order valence-electron chi connectivity index (χ4n) is 0.931. The van der Waals surface area contributed by atoms with Crippen LogP contribution in [0.25, 0.3) is 0 Å². The molecule has 0 atom stereocenters. The molecule has 0 spiro atoms. The molecule has 0 aromatic heterocycles. The van der Waals surface area contributed by atoms with Gasteiger partial charge in [-0.25, -0.2) is 0 Å². The molecular formula is C7H6NO+. The Morgan fingerprint density at radius 2 is 2.00 bits per heavy atom. The van der Waals surface area contributed by atoms with E-state index < -0.39 is 0 Å². The molecule has 9 heavy (non-hydrogen) atoms. The van der Waals surface area contributed by atoms with Crippen molar-refractivity contribution in [1.29, 1.82) is 0 Å². The van der Waals surface area contributed by atoms with Crippen LogP contribution in [0.5, 0.6) is 0 Å². The fourth-order valence-corrected chi connectivity index (χ4v) is 0.931. The summed E-state index contributed by atoms with van der Waals surface area (Å²) in [5, 5.41) is 8.91. The van der Waals surface area contributed by atoms with E-state index in [1.54, 1.807) is 0 Å². The highest BCUT2D eigenvalue weighted by Crippen LogP contribution is 2.11. The Hall–Kier alpha value is -1.31. The van der Waals surface area contributed by atoms with E-state index in [2.05, 4.69) is 4.99 Å². The molecule has 2 N–H and O–H groups in total. The van der Waals surface area contributed by atoms with Crippen LogP contribution in [-0.2, 0) is 0 Å². The molecule has 0 radical (unpaired) electrons. The molecule has 1 aromatic carbocycles. The molecule has 2 rings (SSSR count). The average molecular weight is 120 g/mol. The Labute approximate surface area is 52.5 Å². The number of aliphatic hydroxyl groups is 1. The lowest BCUT2D eigenvalue weighted by Crippen LogP contribution is -2.74. The fraction of sp³-hybridized carbons (Fsp3) is 0. The van der Waals surface area contributed by atoms with Crippen LogP contribution in [0.2, 0.25) is 0 Å². The van der Waals surface area contributed by atoms with Gasteiger partial charge < -0.3 is 5.11 Å². The summed E-state index contributed by atoms with van der Waals surface area (Å²) >= 11 is 0. The molecule has 1 aliphatic heterocycles. The number of aliphatic hydroxyl groups excluding tert-OH is 1. The quantitative estimate of drug-likeness (QED) is 0.485. The zero-order valence-corrected chi connectivity index (χ0v) is 4.76. The molecule has 1 aliphatic rings. The van der Waals surface area contributed by atoms with Gasteiger partial charge in [-0.15, -0.1) is 0 Å². The van der Waals surface area contributed by atoms with E-state index in [9.17, 15) is 0 Å². The molecule has 1 aromatic rings. The lowest BCUT2D eigenvalue weighted by molar-refractivity contribution is -0.380. The summed E-state index contributed by atoms with van der Waals surface area (Å²) in [6.07, 6.45) is 0. The van der Waals surface area contributed by atoms with Crippen molar-refractivity contribution >= 4 is 11.6 Å². The Balaban J connectivity index is 2.61. The van der Waals surface area contributed by atoms with Gasteiger partial charge in [-0.1, -0.05) is 12.1 Å². The summed E-state index contributed by atoms with van der Waals surface area (Å²) in [6, 6.07) is 7.63. The van der Waals surface area contributed by atoms with Crippen molar-refractivity contribution in [3.8, 4) is 0 Å². The van der Waals surface area contributed by atoms with Crippen LogP contribution in [-0.4, -0.2) is 11.0 Å². The second-order valence-corrected chi connectivity index (χ2v) is 2.02. The van der Waals surface area contributed by atoms with Gasteiger partial charge in [0.15, 0.2) is 5.56 Å². The van der Waals surface area contributed by atoms with Gasteiger partial charge in [0.05, 0.1) is 0 Å². The van der Waals surface area contributed by atoms with E-state index in [0.717, 1.165) is 11.3 Å². The zero-order valence-electron chi connectivity index (χ0n) is 4.76. The van der Waals surface area contributed by atoms with Gasteiger partial charge in [0.2, 0.25) is 5.69 Å². The number of fused-ring (bicyclic) bond motifs is 1. The molecule has 2 heteroatoms. The highest BCUT2D eigenvalue weighted by molar-refractivity contribution is 5.97. The minimum absolute atomic E-state index is 0.283. The first-order valence-corrected chi connectivity index (χ1v) is 2.80. The largest absolute Gasteiger partial charge is 0.459 e. The summed E-state index contributed by atoms with van der Waals surface area (Å²) in [7, 11) is 0. The number of hydrogen-bond acceptors (Lipinski definition) is 0. The number of nitrogens with one attached hydrogen (secondary N) is 1. The molecule has 0 saturated carbocycles. The van der Waals surface area contributed by atoms with Crippen LogP contribution in [0.1, 0.15) is 5.56 Å². The highest BCUT2D eigenvalue weighted by Gasteiger charge is 2.24. The monoisotopic (exact) mass is 120 g/mol. The maximum Gasteiger partial charge on any atom is 0.378 e. The summed E-state index contributed by atoms with van der Waals surface area (Å²) < 4.78 is 0. The molecule has 0 unspecified atom stereocenters. The Morgan fingerprint density at radius 3 is 2.56 bits per heavy atom. The van der Waals surface area contributed by atoms with E-state index in [0.29, 0.717) is 0 Å². The Bertz CT molecular complexity index is 278. The van der Waals surface area contributed by atoms with E-state index in [1.165, 1.54) is 0 Å². The highest BCUT2D eigenvalue weighted by atomic mass is 16.3. The standard InChI is InChI=1S/C7H5NO/c9-7-5-3-1-2-4-6(5)8-7/h1-4H,(H,8,9)/p+1. The van der Waals surface area contributed by atoms with Gasteiger partial charge >= 0.3 is 5.90 Å². The Kier molecular flexibility index (Phi) is 0.681. The molecule has 0 saturated heterocycles. The molecule has 44 valence electrons. The molecule has 0 amide bonds. The molecule has 0 fully saturated rings. The van der Waals surface area contributed by atoms with Crippen molar-refractivity contribution in [2.45, 2.75) is 0 Å². The number of rotatable bonds is 0. The lowest BCUT2D eigenvalue weighted by Gasteiger charge is -2.01. The van der Waals surface area contributed by atoms with Crippen LogP contribution in [0, 0.1) is 0 Å². The van der Waals surface area contributed by atoms with Gasteiger partial charge in [-0.2, -0.15) is 4.99 Å². The average Bonchev–Trinajstić information content (AvgIpc) is 1.86. The molecular weight excluding hydrogens is 114 g/mol. The summed E-state index contributed by atoms with van der Waals surface area (Å²) in [5.41, 5.74) is 1.92. The van der Waals surface area contributed by atoms with Crippen LogP contribution in [0.3, 0.4) is 0 Å². The first kappa shape index (κ1) is 4.56. The topological polar surface area (TPSA) is 34.2 Å². The van der Waals surface area contributed by atoms with Gasteiger partial charge in [0.25, 0.3) is 0 Å². The predicted octanol–water partition coefficient (Wildman–Crippen LogP) is -0.283. The van der Waals surface area contributed by atoms with Crippen molar-refractivity contribution in [1.82, 2.24) is 0 Å². The predicted molar refractivity (Wildman–Crippen MR) is 33.8 cm³/mol. The summed E-state index contributed by atoms with van der Waals surface area (Å²) in [5.74, 6) is 0.283. The minimum atomic E-state index is 0.283. The van der Waals surface area contributed by atoms with Gasteiger partial charge in [-0.3, -0.25) is 0 Å². The third-order valence-corrected chi connectivity index (χ3v) is 1.44. The lowest BCUT2D eigenvalue weighted by atomic mass is 10.1. The normalized spacial score (nSPS) is 13.6. The van der Waals surface area contributed by atoms with Crippen molar-refractivity contribution in [2.75, 3.05) is 0 Å². The Morgan fingerprint density at radius 1 is 1.22 bits per heavy atom. The minimum Gasteiger partial charge on any atom is -0.459 e. The maximum atomic E-state index is 8.91.